The number of amides is 1. The maximum Gasteiger partial charge on any atom is 0.268 e. The number of nitrogens with zero attached hydrogens (tertiary/aromatic N) is 2. The van der Waals surface area contributed by atoms with E-state index in [0.29, 0.717) is 30.8 Å². The van der Waals surface area contributed by atoms with Crippen molar-refractivity contribution in [2.24, 2.45) is 0 Å². The number of aryl methyl sites for hydroxylation is 1. The number of carbonyl (C=O) groups is 2. The number of Topliss-reactive ketones (excluding diaryl/α,β-unsaturated/α-hetero) is 1. The second-order valence-corrected chi connectivity index (χ2v) is 7.62. The number of H-pyrrole nitrogens is 1. The lowest BCUT2D eigenvalue weighted by atomic mass is 10.0. The molecule has 2 aromatic rings. The standard InChI is InChI=1S/C22H30N4O3/c1-5-6-18-20(16(4)27)15(3)25-21(18)22(28)24-12-17-7-8-23-19(11-17)26-9-10-29-14(2)13-26/h7-8,11,14,25H,5-6,9-10,12-13H2,1-4H3,(H,24,28)/t14-/m0/s1. The molecule has 1 aliphatic heterocycles. The van der Waals surface area contributed by atoms with Crippen molar-refractivity contribution in [2.45, 2.75) is 53.2 Å². The van der Waals surface area contributed by atoms with E-state index >= 15 is 0 Å². The van der Waals surface area contributed by atoms with Crippen molar-refractivity contribution >= 4 is 17.5 Å². The molecule has 0 spiro atoms. The predicted octanol–water partition coefficient (Wildman–Crippen LogP) is 3.03. The summed E-state index contributed by atoms with van der Waals surface area (Å²) in [7, 11) is 0. The van der Waals surface area contributed by atoms with Crippen LogP contribution in [-0.4, -0.2) is 47.5 Å². The lowest BCUT2D eigenvalue weighted by Crippen LogP contribution is -2.41. The van der Waals surface area contributed by atoms with Crippen LogP contribution in [0.2, 0.25) is 0 Å². The fraction of sp³-hybridized carbons (Fsp3) is 0.500. The molecule has 0 aliphatic carbocycles. The van der Waals surface area contributed by atoms with Crippen LogP contribution in [0.15, 0.2) is 18.3 Å². The third kappa shape index (κ3) is 4.85. The van der Waals surface area contributed by atoms with Crippen LogP contribution in [0.4, 0.5) is 5.82 Å². The average molecular weight is 399 g/mol. The van der Waals surface area contributed by atoms with E-state index in [1.807, 2.05) is 26.0 Å². The Morgan fingerprint density at radius 1 is 1.41 bits per heavy atom. The second kappa shape index (κ2) is 9.22. The van der Waals surface area contributed by atoms with Crippen molar-refractivity contribution in [3.63, 3.8) is 0 Å². The van der Waals surface area contributed by atoms with Gasteiger partial charge in [0.1, 0.15) is 11.5 Å². The number of aromatic nitrogens is 2. The van der Waals surface area contributed by atoms with Crippen molar-refractivity contribution in [1.29, 1.82) is 0 Å². The predicted molar refractivity (Wildman–Crippen MR) is 113 cm³/mol. The van der Waals surface area contributed by atoms with Crippen molar-refractivity contribution in [2.75, 3.05) is 24.6 Å². The summed E-state index contributed by atoms with van der Waals surface area (Å²) < 4.78 is 5.59. The minimum Gasteiger partial charge on any atom is -0.375 e. The third-order valence-corrected chi connectivity index (χ3v) is 5.20. The molecule has 0 bridgehead atoms. The van der Waals surface area contributed by atoms with Gasteiger partial charge in [0, 0.05) is 37.1 Å². The summed E-state index contributed by atoms with van der Waals surface area (Å²) in [6.07, 6.45) is 3.50. The number of aromatic amines is 1. The monoisotopic (exact) mass is 398 g/mol. The van der Waals surface area contributed by atoms with Crippen LogP contribution in [0.25, 0.3) is 0 Å². The Balaban J connectivity index is 1.72. The zero-order valence-corrected chi connectivity index (χ0v) is 17.7. The van der Waals surface area contributed by atoms with Crippen molar-refractivity contribution in [3.05, 3.63) is 46.4 Å². The van der Waals surface area contributed by atoms with Gasteiger partial charge < -0.3 is 19.9 Å². The first-order chi connectivity index (χ1) is 13.9. The SMILES string of the molecule is CCCc1c(C(=O)NCc2ccnc(N3CCO[C@@H](C)C3)c2)[nH]c(C)c1C(C)=O. The smallest absolute Gasteiger partial charge is 0.268 e. The quantitative estimate of drug-likeness (QED) is 0.700. The van der Waals surface area contributed by atoms with Gasteiger partial charge in [-0.15, -0.1) is 0 Å². The minimum atomic E-state index is -0.192. The van der Waals surface area contributed by atoms with E-state index in [-0.39, 0.29) is 17.8 Å². The Kier molecular flexibility index (Phi) is 6.69. The molecule has 3 rings (SSSR count). The molecule has 0 radical (unpaired) electrons. The van der Waals surface area contributed by atoms with E-state index in [2.05, 4.69) is 27.1 Å². The van der Waals surface area contributed by atoms with Crippen molar-refractivity contribution in [1.82, 2.24) is 15.3 Å². The second-order valence-electron chi connectivity index (χ2n) is 7.62. The number of ketones is 1. The van der Waals surface area contributed by atoms with Gasteiger partial charge in [-0.25, -0.2) is 4.98 Å². The van der Waals surface area contributed by atoms with Gasteiger partial charge >= 0.3 is 0 Å². The van der Waals surface area contributed by atoms with Crippen molar-refractivity contribution < 1.29 is 14.3 Å². The van der Waals surface area contributed by atoms with E-state index < -0.39 is 0 Å². The topological polar surface area (TPSA) is 87.3 Å². The number of carbonyl (C=O) groups excluding carboxylic acids is 2. The van der Waals surface area contributed by atoms with Crippen LogP contribution in [0.5, 0.6) is 0 Å². The molecule has 156 valence electrons. The Bertz CT molecular complexity index is 890. The Morgan fingerprint density at radius 2 is 2.21 bits per heavy atom. The number of morpholine rings is 1. The Labute approximate surface area is 171 Å². The van der Waals surface area contributed by atoms with Gasteiger partial charge in [0.05, 0.1) is 12.7 Å². The number of hydrogen-bond donors (Lipinski definition) is 2. The highest BCUT2D eigenvalue weighted by Crippen LogP contribution is 2.22. The molecule has 1 aliphatic rings. The molecule has 0 saturated carbocycles. The molecule has 3 heterocycles. The number of anilines is 1. The molecule has 2 aromatic heterocycles. The zero-order chi connectivity index (χ0) is 21.0. The molecule has 7 nitrogen and oxygen atoms in total. The summed E-state index contributed by atoms with van der Waals surface area (Å²) in [6.45, 7) is 10.2. The minimum absolute atomic E-state index is 0.0141. The highest BCUT2D eigenvalue weighted by molar-refractivity contribution is 6.02. The van der Waals surface area contributed by atoms with Gasteiger partial charge in [-0.3, -0.25) is 9.59 Å². The van der Waals surface area contributed by atoms with Crippen molar-refractivity contribution in [3.8, 4) is 0 Å². The number of pyridine rings is 1. The van der Waals surface area contributed by atoms with Crippen LogP contribution >= 0.6 is 0 Å². The van der Waals surface area contributed by atoms with Crippen LogP contribution in [0.3, 0.4) is 0 Å². The van der Waals surface area contributed by atoms with E-state index in [0.717, 1.165) is 42.1 Å². The Hall–Kier alpha value is -2.67. The van der Waals surface area contributed by atoms with Gasteiger partial charge in [-0.2, -0.15) is 0 Å². The Morgan fingerprint density at radius 3 is 2.90 bits per heavy atom. The molecule has 0 unspecified atom stereocenters. The fourth-order valence-corrected chi connectivity index (χ4v) is 3.89. The molecule has 1 amide bonds. The number of nitrogens with one attached hydrogen (secondary N) is 2. The first kappa shape index (κ1) is 21.0. The van der Waals surface area contributed by atoms with Gasteiger partial charge in [0.25, 0.3) is 5.91 Å². The van der Waals surface area contributed by atoms with Gasteiger partial charge in [-0.1, -0.05) is 13.3 Å². The van der Waals surface area contributed by atoms with E-state index in [4.69, 9.17) is 4.74 Å². The van der Waals surface area contributed by atoms with Crippen LogP contribution in [-0.2, 0) is 17.7 Å². The van der Waals surface area contributed by atoms with Gasteiger partial charge in [0.2, 0.25) is 0 Å². The third-order valence-electron chi connectivity index (χ3n) is 5.20. The van der Waals surface area contributed by atoms with Gasteiger partial charge in [0.15, 0.2) is 5.78 Å². The summed E-state index contributed by atoms with van der Waals surface area (Å²) >= 11 is 0. The molecule has 7 heteroatoms. The number of rotatable bonds is 7. The van der Waals surface area contributed by atoms with Crippen LogP contribution in [0, 0.1) is 6.92 Å². The summed E-state index contributed by atoms with van der Waals surface area (Å²) in [5.41, 5.74) is 3.68. The van der Waals surface area contributed by atoms with E-state index in [1.54, 1.807) is 13.1 Å². The van der Waals surface area contributed by atoms with Crippen LogP contribution < -0.4 is 10.2 Å². The maximum atomic E-state index is 12.8. The molecule has 2 N–H and O–H groups in total. The molecule has 1 atom stereocenters. The summed E-state index contributed by atoms with van der Waals surface area (Å²) in [5.74, 6) is 0.690. The highest BCUT2D eigenvalue weighted by atomic mass is 16.5. The lowest BCUT2D eigenvalue weighted by Gasteiger charge is -2.32. The number of ether oxygens (including phenoxy) is 1. The van der Waals surface area contributed by atoms with Gasteiger partial charge in [-0.05, 0) is 50.5 Å². The van der Waals surface area contributed by atoms with E-state index in [9.17, 15) is 9.59 Å². The summed E-state index contributed by atoms with van der Waals surface area (Å²) in [5, 5.41) is 2.98. The van der Waals surface area contributed by atoms with E-state index in [1.165, 1.54) is 0 Å². The fourth-order valence-electron chi connectivity index (χ4n) is 3.89. The van der Waals surface area contributed by atoms with Crippen LogP contribution in [0.1, 0.15) is 64.9 Å². The largest absolute Gasteiger partial charge is 0.375 e. The zero-order valence-electron chi connectivity index (χ0n) is 17.7. The lowest BCUT2D eigenvalue weighted by molar-refractivity contribution is 0.0529. The molecule has 1 saturated heterocycles. The first-order valence-electron chi connectivity index (χ1n) is 10.2. The first-order valence-corrected chi connectivity index (χ1v) is 10.2. The molecular formula is C22H30N4O3. The summed E-state index contributed by atoms with van der Waals surface area (Å²) in [6, 6.07) is 3.91. The molecule has 29 heavy (non-hydrogen) atoms. The molecular weight excluding hydrogens is 368 g/mol. The molecule has 1 fully saturated rings. The average Bonchev–Trinajstić information content (AvgIpc) is 3.03. The molecule has 0 aromatic carbocycles. The normalized spacial score (nSPS) is 16.7. The maximum absolute atomic E-state index is 12.8. The highest BCUT2D eigenvalue weighted by Gasteiger charge is 2.22. The summed E-state index contributed by atoms with van der Waals surface area (Å²) in [4.78, 5) is 34.6. The number of hydrogen-bond acceptors (Lipinski definition) is 5.